The molecule has 0 saturated carbocycles. The van der Waals surface area contributed by atoms with Crippen LogP contribution >= 0.6 is 11.3 Å². The number of benzene rings is 1. The second-order valence-corrected chi connectivity index (χ2v) is 6.39. The van der Waals surface area contributed by atoms with Crippen LogP contribution in [0.15, 0.2) is 46.8 Å². The van der Waals surface area contributed by atoms with Gasteiger partial charge in [-0.2, -0.15) is 0 Å². The molecule has 2 heterocycles. The van der Waals surface area contributed by atoms with Gasteiger partial charge in [0.2, 0.25) is 11.8 Å². The van der Waals surface area contributed by atoms with Crippen LogP contribution in [0.3, 0.4) is 0 Å². The quantitative estimate of drug-likeness (QED) is 0.751. The lowest BCUT2D eigenvalue weighted by molar-refractivity contribution is -0.118. The summed E-state index contributed by atoms with van der Waals surface area (Å²) < 4.78 is 1.44. The van der Waals surface area contributed by atoms with Crippen LogP contribution in [0.4, 0.5) is 5.69 Å². The lowest BCUT2D eigenvalue weighted by Crippen LogP contribution is -2.29. The SMILES string of the molecule is CN(C(=O)CCn1cnc2sccc2c1=O)c1ccc(C(N)=O)cc1. The van der Waals surface area contributed by atoms with Gasteiger partial charge in [-0.3, -0.25) is 19.0 Å². The molecule has 0 fully saturated rings. The third-order valence-electron chi connectivity index (χ3n) is 3.93. The first-order valence-corrected chi connectivity index (χ1v) is 8.44. The molecular weight excluding hydrogens is 340 g/mol. The van der Waals surface area contributed by atoms with E-state index in [1.54, 1.807) is 37.4 Å². The molecule has 1 aromatic carbocycles. The van der Waals surface area contributed by atoms with Gasteiger partial charge in [0.05, 0.1) is 11.7 Å². The van der Waals surface area contributed by atoms with Gasteiger partial charge in [0.15, 0.2) is 0 Å². The van der Waals surface area contributed by atoms with Crippen LogP contribution in [0.2, 0.25) is 0 Å². The molecule has 25 heavy (non-hydrogen) atoms. The van der Waals surface area contributed by atoms with E-state index >= 15 is 0 Å². The number of anilines is 1. The van der Waals surface area contributed by atoms with E-state index in [2.05, 4.69) is 4.98 Å². The predicted octanol–water partition coefficient (Wildman–Crippen LogP) is 1.61. The molecule has 0 aliphatic rings. The molecular formula is C17H16N4O3S. The van der Waals surface area contributed by atoms with E-state index < -0.39 is 5.91 Å². The predicted molar refractivity (Wildman–Crippen MR) is 96.9 cm³/mol. The van der Waals surface area contributed by atoms with Gasteiger partial charge in [0, 0.05) is 31.3 Å². The first-order valence-electron chi connectivity index (χ1n) is 7.56. The van der Waals surface area contributed by atoms with Crippen molar-refractivity contribution in [2.75, 3.05) is 11.9 Å². The third kappa shape index (κ3) is 3.43. The molecule has 3 rings (SSSR count). The number of hydrogen-bond donors (Lipinski definition) is 1. The first kappa shape index (κ1) is 16.8. The summed E-state index contributed by atoms with van der Waals surface area (Å²) in [5, 5.41) is 2.38. The van der Waals surface area contributed by atoms with Crippen molar-refractivity contribution in [1.82, 2.24) is 9.55 Å². The van der Waals surface area contributed by atoms with Gasteiger partial charge in [-0.15, -0.1) is 11.3 Å². The Kier molecular flexibility index (Phi) is 4.62. The lowest BCUT2D eigenvalue weighted by atomic mass is 10.2. The Morgan fingerprint density at radius 3 is 2.64 bits per heavy atom. The zero-order valence-electron chi connectivity index (χ0n) is 13.5. The number of carbonyl (C=O) groups excluding carboxylic acids is 2. The molecule has 0 radical (unpaired) electrons. The summed E-state index contributed by atoms with van der Waals surface area (Å²) in [6.07, 6.45) is 1.63. The Balaban J connectivity index is 1.69. The van der Waals surface area contributed by atoms with Crippen LogP contribution in [-0.2, 0) is 11.3 Å². The molecule has 2 N–H and O–H groups in total. The van der Waals surface area contributed by atoms with Gasteiger partial charge in [-0.1, -0.05) is 0 Å². The monoisotopic (exact) mass is 356 g/mol. The molecule has 7 nitrogen and oxygen atoms in total. The lowest BCUT2D eigenvalue weighted by Gasteiger charge is -2.17. The number of nitrogens with two attached hydrogens (primary N) is 1. The average molecular weight is 356 g/mol. The van der Waals surface area contributed by atoms with Crippen molar-refractivity contribution >= 4 is 39.1 Å². The topological polar surface area (TPSA) is 98.3 Å². The largest absolute Gasteiger partial charge is 0.366 e. The van der Waals surface area contributed by atoms with Crippen molar-refractivity contribution in [3.63, 3.8) is 0 Å². The van der Waals surface area contributed by atoms with E-state index in [0.717, 1.165) is 0 Å². The van der Waals surface area contributed by atoms with Gasteiger partial charge >= 0.3 is 0 Å². The van der Waals surface area contributed by atoms with Crippen LogP contribution in [0.25, 0.3) is 10.2 Å². The highest BCUT2D eigenvalue weighted by molar-refractivity contribution is 7.16. The standard InChI is InChI=1S/C17H16N4O3S/c1-20(12-4-2-11(3-5-12)15(18)23)14(22)6-8-21-10-19-16-13(17(21)24)7-9-25-16/h2-5,7,9-10H,6,8H2,1H3,(H2,18,23). The summed E-state index contributed by atoms with van der Waals surface area (Å²) in [5.74, 6) is -0.666. The normalized spacial score (nSPS) is 10.8. The van der Waals surface area contributed by atoms with E-state index in [1.165, 1.54) is 27.1 Å². The maximum atomic E-state index is 12.4. The molecule has 0 saturated heterocycles. The number of rotatable bonds is 5. The van der Waals surface area contributed by atoms with Crippen LogP contribution in [0.5, 0.6) is 0 Å². The van der Waals surface area contributed by atoms with E-state index in [9.17, 15) is 14.4 Å². The van der Waals surface area contributed by atoms with E-state index in [0.29, 0.717) is 21.5 Å². The third-order valence-corrected chi connectivity index (χ3v) is 4.75. The van der Waals surface area contributed by atoms with Crippen molar-refractivity contribution in [3.05, 3.63) is 58.0 Å². The summed E-state index contributed by atoms with van der Waals surface area (Å²) in [6, 6.07) is 8.19. The zero-order chi connectivity index (χ0) is 18.0. The smallest absolute Gasteiger partial charge is 0.262 e. The molecule has 0 atom stereocenters. The zero-order valence-corrected chi connectivity index (χ0v) is 14.3. The first-order chi connectivity index (χ1) is 12.0. The molecule has 8 heteroatoms. The summed E-state index contributed by atoms with van der Waals surface area (Å²) in [7, 11) is 1.64. The fraction of sp³-hybridized carbons (Fsp3) is 0.176. The molecule has 0 aliphatic heterocycles. The molecule has 0 unspecified atom stereocenters. The number of hydrogen-bond acceptors (Lipinski definition) is 5. The number of carbonyl (C=O) groups is 2. The molecule has 3 aromatic rings. The molecule has 0 spiro atoms. The Labute approximate surface area is 147 Å². The Morgan fingerprint density at radius 2 is 1.96 bits per heavy atom. The maximum absolute atomic E-state index is 12.4. The van der Waals surface area contributed by atoms with Crippen LogP contribution in [-0.4, -0.2) is 28.4 Å². The van der Waals surface area contributed by atoms with Gasteiger partial charge in [0.1, 0.15) is 4.83 Å². The number of aryl methyl sites for hydroxylation is 1. The minimum absolute atomic E-state index is 0.146. The minimum atomic E-state index is -0.517. The second kappa shape index (κ2) is 6.86. The van der Waals surface area contributed by atoms with Crippen molar-refractivity contribution < 1.29 is 9.59 Å². The van der Waals surface area contributed by atoms with E-state index in [4.69, 9.17) is 5.73 Å². The summed E-state index contributed by atoms with van der Waals surface area (Å²) in [5.41, 5.74) is 6.08. The number of aromatic nitrogens is 2. The number of nitrogens with zero attached hydrogens (tertiary/aromatic N) is 3. The maximum Gasteiger partial charge on any atom is 0.262 e. The number of primary amides is 1. The Bertz CT molecular complexity index is 991. The fourth-order valence-corrected chi connectivity index (χ4v) is 3.15. The summed E-state index contributed by atoms with van der Waals surface area (Å²) >= 11 is 1.41. The van der Waals surface area contributed by atoms with Crippen molar-refractivity contribution in [1.29, 1.82) is 0 Å². The highest BCUT2D eigenvalue weighted by atomic mass is 32.1. The van der Waals surface area contributed by atoms with Crippen molar-refractivity contribution in [3.8, 4) is 0 Å². The van der Waals surface area contributed by atoms with Gasteiger partial charge in [0.25, 0.3) is 5.56 Å². The Morgan fingerprint density at radius 1 is 1.24 bits per heavy atom. The van der Waals surface area contributed by atoms with E-state index in [1.807, 2.05) is 5.38 Å². The average Bonchev–Trinajstić information content (AvgIpc) is 3.10. The van der Waals surface area contributed by atoms with Gasteiger partial charge in [-0.25, -0.2) is 4.98 Å². The molecule has 2 amide bonds. The van der Waals surface area contributed by atoms with Crippen LogP contribution < -0.4 is 16.2 Å². The number of thiophene rings is 1. The van der Waals surface area contributed by atoms with E-state index in [-0.39, 0.29) is 24.4 Å². The summed E-state index contributed by atoms with van der Waals surface area (Å²) in [4.78, 5) is 42.1. The molecule has 0 bridgehead atoms. The second-order valence-electron chi connectivity index (χ2n) is 5.50. The minimum Gasteiger partial charge on any atom is -0.366 e. The fourth-order valence-electron chi connectivity index (χ4n) is 2.43. The van der Waals surface area contributed by atoms with Gasteiger partial charge < -0.3 is 10.6 Å². The molecule has 128 valence electrons. The van der Waals surface area contributed by atoms with Crippen molar-refractivity contribution in [2.45, 2.75) is 13.0 Å². The van der Waals surface area contributed by atoms with Crippen LogP contribution in [0.1, 0.15) is 16.8 Å². The Hall–Kier alpha value is -3.00. The van der Waals surface area contributed by atoms with Crippen LogP contribution in [0, 0.1) is 0 Å². The van der Waals surface area contributed by atoms with Crippen molar-refractivity contribution in [2.24, 2.45) is 5.73 Å². The highest BCUT2D eigenvalue weighted by Crippen LogP contribution is 2.16. The highest BCUT2D eigenvalue weighted by Gasteiger charge is 2.13. The number of fused-ring (bicyclic) bond motifs is 1. The molecule has 0 aliphatic carbocycles. The summed E-state index contributed by atoms with van der Waals surface area (Å²) in [6.45, 7) is 0.250. The number of amides is 2. The molecule has 2 aromatic heterocycles. The van der Waals surface area contributed by atoms with Gasteiger partial charge in [-0.05, 0) is 35.7 Å².